The number of likely N-dealkylation sites (N-methyl/N-ethyl adjacent to an activating group) is 1. The standard InChI is InChI=1S/C12H16F3N.C8H12Si.ClH.F2HO2P/c1-3-16-9(2)7-10-5-4-6-11(8-10)12(13,14)15;1-5-9(6-2,7-3)8-4;;1-5(2,3)4/h4-6,8-9,16H,3,7H2,1-2H3;5-8H,1-4H2;1H;(H,3,4). The third-order valence-electron chi connectivity index (χ3n) is 3.76. The Morgan fingerprint density at radius 1 is 1.13 bits per heavy atom. The zero-order chi connectivity index (χ0) is 24.0. The van der Waals surface area contributed by atoms with Crippen LogP contribution in [0.3, 0.4) is 0 Å². The van der Waals surface area contributed by atoms with Gasteiger partial charge in [-0.2, -0.15) is 13.2 Å². The zero-order valence-electron chi connectivity index (χ0n) is 17.5. The molecule has 178 valence electrons. The van der Waals surface area contributed by atoms with Crippen molar-refractivity contribution in [2.24, 2.45) is 0 Å². The first kappa shape index (κ1) is 34.1. The van der Waals surface area contributed by atoms with Gasteiger partial charge in [-0.25, -0.2) is 4.57 Å². The second kappa shape index (κ2) is 16.2. The molecule has 0 saturated heterocycles. The molecule has 0 aliphatic heterocycles. The summed E-state index contributed by atoms with van der Waals surface area (Å²) in [7, 11) is -7.27. The number of benzene rings is 1. The van der Waals surface area contributed by atoms with Crippen LogP contribution in [0.1, 0.15) is 25.0 Å². The summed E-state index contributed by atoms with van der Waals surface area (Å²) in [5.74, 6) is 0. The van der Waals surface area contributed by atoms with E-state index in [1.54, 1.807) is 6.07 Å². The molecule has 0 saturated carbocycles. The molecule has 0 heterocycles. The molecule has 11 heteroatoms. The van der Waals surface area contributed by atoms with Crippen molar-refractivity contribution in [1.82, 2.24) is 5.32 Å². The van der Waals surface area contributed by atoms with Gasteiger partial charge in [0, 0.05) is 6.04 Å². The Bertz CT molecular complexity index is 695. The molecule has 0 radical (unpaired) electrons. The molecule has 0 fully saturated rings. The Hall–Kier alpha value is -1.51. The quantitative estimate of drug-likeness (QED) is 0.226. The van der Waals surface area contributed by atoms with E-state index in [0.29, 0.717) is 12.0 Å². The van der Waals surface area contributed by atoms with Crippen molar-refractivity contribution in [2.45, 2.75) is 32.5 Å². The third kappa shape index (κ3) is 17.8. The number of nitrogens with one attached hydrogen (secondary N) is 1. The summed E-state index contributed by atoms with van der Waals surface area (Å²) >= 11 is 0. The molecule has 1 atom stereocenters. The number of alkyl halides is 3. The van der Waals surface area contributed by atoms with Crippen LogP contribution in [0.4, 0.5) is 21.6 Å². The van der Waals surface area contributed by atoms with Gasteiger partial charge in [-0.15, -0.1) is 47.1 Å². The highest BCUT2D eigenvalue weighted by molar-refractivity contribution is 7.46. The fraction of sp³-hybridized carbons (Fsp3) is 0.300. The zero-order valence-corrected chi connectivity index (χ0v) is 20.3. The Labute approximate surface area is 188 Å². The fourth-order valence-electron chi connectivity index (χ4n) is 2.15. The van der Waals surface area contributed by atoms with Gasteiger partial charge in [0.15, 0.2) is 0 Å². The van der Waals surface area contributed by atoms with E-state index in [4.69, 9.17) is 9.46 Å². The van der Waals surface area contributed by atoms with Crippen molar-refractivity contribution in [3.8, 4) is 0 Å². The third-order valence-corrected chi connectivity index (χ3v) is 6.59. The molecule has 0 amide bonds. The molecule has 2 N–H and O–H groups in total. The summed E-state index contributed by atoms with van der Waals surface area (Å²) in [6, 6.07) is 5.68. The van der Waals surface area contributed by atoms with Crippen LogP contribution < -0.4 is 5.32 Å². The van der Waals surface area contributed by atoms with Gasteiger partial charge in [0.25, 0.3) is 0 Å². The van der Waals surface area contributed by atoms with Crippen LogP contribution in [0.15, 0.2) is 73.4 Å². The summed E-state index contributed by atoms with van der Waals surface area (Å²) in [6.45, 7) is 19.5. The molecule has 1 aromatic rings. The Kier molecular flexibility index (Phi) is 17.8. The van der Waals surface area contributed by atoms with Gasteiger partial charge in [-0.05, 0) is 31.5 Å². The van der Waals surface area contributed by atoms with E-state index in [1.165, 1.54) is 12.1 Å². The number of rotatable bonds is 8. The largest absolute Gasteiger partial charge is 0.549 e. The van der Waals surface area contributed by atoms with Gasteiger partial charge in [0.2, 0.25) is 0 Å². The Morgan fingerprint density at radius 2 is 1.55 bits per heavy atom. The minimum atomic E-state index is -5.64. The highest BCUT2D eigenvalue weighted by Gasteiger charge is 2.30. The van der Waals surface area contributed by atoms with E-state index in [-0.39, 0.29) is 18.4 Å². The van der Waals surface area contributed by atoms with Crippen LogP contribution in [0.25, 0.3) is 0 Å². The second-order valence-corrected chi connectivity index (χ2v) is 10.6. The molecular formula is C20H30ClF5NO2PSi. The lowest BCUT2D eigenvalue weighted by Gasteiger charge is -2.13. The predicted molar refractivity (Wildman–Crippen MR) is 124 cm³/mol. The summed E-state index contributed by atoms with van der Waals surface area (Å²) in [4.78, 5) is 6.74. The summed E-state index contributed by atoms with van der Waals surface area (Å²) < 4.78 is 66.0. The van der Waals surface area contributed by atoms with Gasteiger partial charge in [0.1, 0.15) is 8.07 Å². The predicted octanol–water partition coefficient (Wildman–Crippen LogP) is 7.03. The lowest BCUT2D eigenvalue weighted by Crippen LogP contribution is -2.27. The summed E-state index contributed by atoms with van der Waals surface area (Å²) in [6.07, 6.45) is -3.64. The topological polar surface area (TPSA) is 49.3 Å². The molecule has 0 spiro atoms. The van der Waals surface area contributed by atoms with Crippen LogP contribution in [0, 0.1) is 0 Å². The lowest BCUT2D eigenvalue weighted by atomic mass is 10.0. The van der Waals surface area contributed by atoms with Crippen molar-refractivity contribution in [3.63, 3.8) is 0 Å². The molecule has 0 aromatic heterocycles. The van der Waals surface area contributed by atoms with E-state index in [2.05, 4.69) is 31.6 Å². The van der Waals surface area contributed by atoms with Crippen molar-refractivity contribution in [2.75, 3.05) is 6.54 Å². The molecule has 1 rings (SSSR count). The maximum atomic E-state index is 12.4. The van der Waals surface area contributed by atoms with Crippen LogP contribution in [-0.2, 0) is 17.2 Å². The molecule has 1 unspecified atom stereocenters. The minimum Gasteiger partial charge on any atom is -0.314 e. The van der Waals surface area contributed by atoms with Gasteiger partial charge in [0.05, 0.1) is 5.56 Å². The first-order chi connectivity index (χ1) is 13.7. The molecule has 0 aliphatic carbocycles. The number of halogens is 6. The van der Waals surface area contributed by atoms with Crippen molar-refractivity contribution < 1.29 is 31.0 Å². The van der Waals surface area contributed by atoms with Gasteiger partial charge >= 0.3 is 14.2 Å². The maximum absolute atomic E-state index is 12.4. The summed E-state index contributed by atoms with van der Waals surface area (Å²) in [5, 5.41) is 3.17. The van der Waals surface area contributed by atoms with Crippen LogP contribution >= 0.6 is 20.4 Å². The van der Waals surface area contributed by atoms with E-state index in [0.717, 1.165) is 12.6 Å². The average Bonchev–Trinajstić information content (AvgIpc) is 2.63. The molecule has 0 aliphatic rings. The Balaban J connectivity index is -0.000000444. The second-order valence-electron chi connectivity index (χ2n) is 6.11. The number of hydrogen-bond donors (Lipinski definition) is 2. The average molecular weight is 506 g/mol. The van der Waals surface area contributed by atoms with Crippen LogP contribution in [0.5, 0.6) is 0 Å². The number of hydrogen-bond acceptors (Lipinski definition) is 2. The van der Waals surface area contributed by atoms with Crippen molar-refractivity contribution in [1.29, 1.82) is 0 Å². The van der Waals surface area contributed by atoms with Crippen molar-refractivity contribution >= 4 is 28.5 Å². The van der Waals surface area contributed by atoms with Gasteiger partial charge in [-0.3, -0.25) is 4.89 Å². The van der Waals surface area contributed by atoms with Crippen LogP contribution in [0.2, 0.25) is 0 Å². The minimum absolute atomic E-state index is 0. The first-order valence-electron chi connectivity index (χ1n) is 8.84. The molecule has 0 bridgehead atoms. The van der Waals surface area contributed by atoms with E-state index >= 15 is 0 Å². The first-order valence-corrected chi connectivity index (χ1v) is 12.6. The molecule has 31 heavy (non-hydrogen) atoms. The SMILES string of the molecule is C=C[Si](C=C)(C=C)C=C.CCNC(C)Cc1cccc(C(F)(F)F)c1.Cl.O=P(O)(F)F. The Morgan fingerprint density at radius 3 is 1.84 bits per heavy atom. The van der Waals surface area contributed by atoms with Crippen LogP contribution in [-0.4, -0.2) is 25.6 Å². The summed E-state index contributed by atoms with van der Waals surface area (Å²) in [5.41, 5.74) is 7.69. The highest BCUT2D eigenvalue weighted by atomic mass is 35.5. The highest BCUT2D eigenvalue weighted by Crippen LogP contribution is 2.43. The van der Waals surface area contributed by atoms with Gasteiger partial charge in [-0.1, -0.05) is 47.9 Å². The molecular weight excluding hydrogens is 476 g/mol. The lowest BCUT2D eigenvalue weighted by molar-refractivity contribution is -0.137. The van der Waals surface area contributed by atoms with Gasteiger partial charge < -0.3 is 5.32 Å². The fourth-order valence-corrected chi connectivity index (χ4v) is 3.15. The molecule has 3 nitrogen and oxygen atoms in total. The van der Waals surface area contributed by atoms with Crippen molar-refractivity contribution in [3.05, 3.63) is 84.5 Å². The van der Waals surface area contributed by atoms with E-state index in [9.17, 15) is 21.6 Å². The van der Waals surface area contributed by atoms with E-state index < -0.39 is 27.8 Å². The smallest absolute Gasteiger partial charge is 0.314 e. The maximum Gasteiger partial charge on any atom is 0.549 e. The van der Waals surface area contributed by atoms with E-state index in [1.807, 2.05) is 36.6 Å². The monoisotopic (exact) mass is 505 g/mol. The molecule has 1 aromatic carbocycles. The normalized spacial score (nSPS) is 11.9.